The van der Waals surface area contributed by atoms with E-state index in [4.69, 9.17) is 5.73 Å². The maximum atomic E-state index is 12.0. The SMILES string of the molecule is CC(=O)Nc1cc(N)ccc1N=Nc1cc(S(=O)(=O)O)c2cc(S(=O)(=O)O)cc(S(=O)(=O)O)c2c1. The number of azo groups is 1. The van der Waals surface area contributed by atoms with Gasteiger partial charge in [0, 0.05) is 23.4 Å². The zero-order chi connectivity index (χ0) is 26.3. The number of hydrogen-bond acceptors (Lipinski definition) is 10. The van der Waals surface area contributed by atoms with Crippen molar-refractivity contribution in [1.29, 1.82) is 0 Å². The number of benzene rings is 3. The van der Waals surface area contributed by atoms with Crippen molar-refractivity contribution in [3.63, 3.8) is 0 Å². The molecule has 0 radical (unpaired) electrons. The van der Waals surface area contributed by atoms with E-state index >= 15 is 0 Å². The highest BCUT2D eigenvalue weighted by Crippen LogP contribution is 2.36. The Hall–Kier alpha value is -3.48. The van der Waals surface area contributed by atoms with Crippen molar-refractivity contribution in [3.05, 3.63) is 42.5 Å². The maximum absolute atomic E-state index is 12.0. The molecular weight excluding hydrogens is 528 g/mol. The molecule has 0 unspecified atom stereocenters. The Morgan fingerprint density at radius 1 is 0.800 bits per heavy atom. The summed E-state index contributed by atoms with van der Waals surface area (Å²) < 4.78 is 99.6. The molecule has 3 aromatic rings. The van der Waals surface area contributed by atoms with E-state index in [-0.39, 0.29) is 22.7 Å². The van der Waals surface area contributed by atoms with E-state index in [0.29, 0.717) is 12.1 Å². The average molecular weight is 545 g/mol. The number of hydrogen-bond donors (Lipinski definition) is 5. The first kappa shape index (κ1) is 26.1. The fourth-order valence-corrected chi connectivity index (χ4v) is 5.08. The Labute approximate surface area is 198 Å². The van der Waals surface area contributed by atoms with Crippen LogP contribution in [0.3, 0.4) is 0 Å². The summed E-state index contributed by atoms with van der Waals surface area (Å²) in [5.74, 6) is -0.459. The summed E-state index contributed by atoms with van der Waals surface area (Å²) in [4.78, 5) is 8.29. The normalized spacial score (nSPS) is 12.8. The second kappa shape index (κ2) is 8.95. The van der Waals surface area contributed by atoms with Crippen LogP contribution < -0.4 is 11.1 Å². The van der Waals surface area contributed by atoms with Gasteiger partial charge >= 0.3 is 0 Å². The van der Waals surface area contributed by atoms with Gasteiger partial charge in [0.15, 0.2) is 0 Å². The molecule has 3 rings (SSSR count). The Morgan fingerprint density at radius 2 is 1.37 bits per heavy atom. The standard InChI is InChI=1S/C18H16N4O10S3/c1-9(23)20-16-4-10(19)2-3-15(16)22-21-11-5-13-14(17(6-11)34(27,28)29)7-12(33(24,25)26)8-18(13)35(30,31)32/h2-8H,19H2,1H3,(H,20,23)(H,24,25,26)(H,27,28,29)(H,30,31,32). The molecule has 0 aliphatic rings. The lowest BCUT2D eigenvalue weighted by Gasteiger charge is -2.11. The number of anilines is 2. The van der Waals surface area contributed by atoms with E-state index in [0.717, 1.165) is 12.1 Å². The van der Waals surface area contributed by atoms with Gasteiger partial charge < -0.3 is 11.1 Å². The van der Waals surface area contributed by atoms with Crippen LogP contribution in [0.25, 0.3) is 10.8 Å². The largest absolute Gasteiger partial charge is 0.399 e. The number of nitrogens with one attached hydrogen (secondary N) is 1. The van der Waals surface area contributed by atoms with E-state index in [1.807, 2.05) is 0 Å². The van der Waals surface area contributed by atoms with Crippen molar-refractivity contribution in [1.82, 2.24) is 0 Å². The molecule has 14 nitrogen and oxygen atoms in total. The number of amides is 1. The van der Waals surface area contributed by atoms with Crippen LogP contribution in [0.15, 0.2) is 67.4 Å². The van der Waals surface area contributed by atoms with Gasteiger partial charge in [0.2, 0.25) is 5.91 Å². The smallest absolute Gasteiger partial charge is 0.295 e. The summed E-state index contributed by atoms with van der Waals surface area (Å²) in [6.45, 7) is 1.23. The molecule has 0 heterocycles. The molecule has 0 aromatic heterocycles. The van der Waals surface area contributed by atoms with Crippen LogP contribution in [0.4, 0.5) is 22.7 Å². The highest BCUT2D eigenvalue weighted by atomic mass is 32.2. The van der Waals surface area contributed by atoms with Crippen LogP contribution in [0.1, 0.15) is 6.92 Å². The van der Waals surface area contributed by atoms with Crippen molar-refractivity contribution >= 4 is 69.8 Å². The molecular formula is C18H16N4O10S3. The van der Waals surface area contributed by atoms with Gasteiger partial charge in [0.1, 0.15) is 15.5 Å². The van der Waals surface area contributed by atoms with Gasteiger partial charge in [0.05, 0.1) is 16.3 Å². The number of fused-ring (bicyclic) bond motifs is 1. The molecule has 0 saturated heterocycles. The summed E-state index contributed by atoms with van der Waals surface area (Å²) in [5.41, 5.74) is 5.83. The molecule has 0 spiro atoms. The van der Waals surface area contributed by atoms with Crippen molar-refractivity contribution in [2.24, 2.45) is 10.2 Å². The number of nitrogens with two attached hydrogens (primary N) is 1. The van der Waals surface area contributed by atoms with Gasteiger partial charge in [-0.1, -0.05) is 0 Å². The first-order chi connectivity index (χ1) is 16.0. The quantitative estimate of drug-likeness (QED) is 0.171. The van der Waals surface area contributed by atoms with E-state index in [1.165, 1.54) is 25.1 Å². The summed E-state index contributed by atoms with van der Waals surface area (Å²) in [6, 6.07) is 6.85. The van der Waals surface area contributed by atoms with Gasteiger partial charge in [-0.2, -0.15) is 30.4 Å². The lowest BCUT2D eigenvalue weighted by atomic mass is 10.1. The molecule has 0 atom stereocenters. The number of carbonyl (C=O) groups excluding carboxylic acids is 1. The van der Waals surface area contributed by atoms with Crippen LogP contribution in [0.2, 0.25) is 0 Å². The Bertz CT molecular complexity index is 1730. The topological polar surface area (TPSA) is 243 Å². The molecule has 186 valence electrons. The van der Waals surface area contributed by atoms with E-state index in [9.17, 15) is 43.7 Å². The summed E-state index contributed by atoms with van der Waals surface area (Å²) in [5, 5.41) is 8.94. The van der Waals surface area contributed by atoms with Gasteiger partial charge in [-0.25, -0.2) is 0 Å². The lowest BCUT2D eigenvalue weighted by molar-refractivity contribution is -0.114. The van der Waals surface area contributed by atoms with E-state index in [2.05, 4.69) is 15.5 Å². The van der Waals surface area contributed by atoms with E-state index in [1.54, 1.807) is 0 Å². The Morgan fingerprint density at radius 3 is 1.91 bits per heavy atom. The van der Waals surface area contributed by atoms with Gasteiger partial charge in [-0.05, 0) is 42.5 Å². The minimum absolute atomic E-state index is 0.0691. The van der Waals surface area contributed by atoms with Crippen molar-refractivity contribution < 1.29 is 43.7 Å². The monoisotopic (exact) mass is 544 g/mol. The Kier molecular flexibility index (Phi) is 6.68. The van der Waals surface area contributed by atoms with Crippen LogP contribution >= 0.6 is 0 Å². The van der Waals surface area contributed by atoms with Crippen LogP contribution in [-0.2, 0) is 35.1 Å². The molecule has 0 saturated carbocycles. The predicted octanol–water partition coefficient (Wildman–Crippen LogP) is 2.54. The molecule has 17 heteroatoms. The third-order valence-corrected chi connectivity index (χ3v) is 7.03. The fourth-order valence-electron chi connectivity index (χ4n) is 3.03. The molecule has 35 heavy (non-hydrogen) atoms. The minimum atomic E-state index is -5.17. The zero-order valence-electron chi connectivity index (χ0n) is 17.4. The van der Waals surface area contributed by atoms with Crippen LogP contribution in [-0.4, -0.2) is 44.8 Å². The second-order valence-corrected chi connectivity index (χ2v) is 11.2. The average Bonchev–Trinajstić information content (AvgIpc) is 2.69. The van der Waals surface area contributed by atoms with Crippen molar-refractivity contribution in [3.8, 4) is 0 Å². The summed E-state index contributed by atoms with van der Waals surface area (Å²) in [7, 11) is -15.3. The van der Waals surface area contributed by atoms with Gasteiger partial charge in [-0.15, -0.1) is 5.11 Å². The highest BCUT2D eigenvalue weighted by molar-refractivity contribution is 7.87. The number of nitrogens with zero attached hydrogens (tertiary/aromatic N) is 2. The number of nitrogen functional groups attached to an aromatic ring is 1. The molecule has 0 fully saturated rings. The number of rotatable bonds is 6. The minimum Gasteiger partial charge on any atom is -0.399 e. The maximum Gasteiger partial charge on any atom is 0.295 e. The highest BCUT2D eigenvalue weighted by Gasteiger charge is 2.25. The Balaban J connectivity index is 2.35. The molecule has 1 amide bonds. The van der Waals surface area contributed by atoms with Gasteiger partial charge in [-0.3, -0.25) is 18.5 Å². The zero-order valence-corrected chi connectivity index (χ0v) is 19.9. The number of carbonyl (C=O) groups is 1. The first-order valence-corrected chi connectivity index (χ1v) is 13.4. The predicted molar refractivity (Wildman–Crippen MR) is 123 cm³/mol. The second-order valence-electron chi connectivity index (χ2n) is 7.04. The van der Waals surface area contributed by atoms with Crippen molar-refractivity contribution in [2.75, 3.05) is 11.1 Å². The third-order valence-electron chi connectivity index (χ3n) is 4.41. The molecule has 0 bridgehead atoms. The van der Waals surface area contributed by atoms with E-state index < -0.39 is 61.7 Å². The van der Waals surface area contributed by atoms with Crippen LogP contribution in [0.5, 0.6) is 0 Å². The molecule has 0 aliphatic carbocycles. The fraction of sp³-hybridized carbons (Fsp3) is 0.0556. The third kappa shape index (κ3) is 5.96. The lowest BCUT2D eigenvalue weighted by Crippen LogP contribution is -2.07. The summed E-state index contributed by atoms with van der Waals surface area (Å²) >= 11 is 0. The first-order valence-electron chi connectivity index (χ1n) is 9.10. The molecule has 0 aliphatic heterocycles. The van der Waals surface area contributed by atoms with Crippen molar-refractivity contribution in [2.45, 2.75) is 21.6 Å². The van der Waals surface area contributed by atoms with Gasteiger partial charge in [0.25, 0.3) is 30.4 Å². The molecule has 6 N–H and O–H groups in total. The molecule has 3 aromatic carbocycles. The van der Waals surface area contributed by atoms with Crippen LogP contribution in [0, 0.1) is 0 Å². The summed E-state index contributed by atoms with van der Waals surface area (Å²) in [6.07, 6.45) is 0.